The maximum atomic E-state index is 12.7. The Morgan fingerprint density at radius 2 is 2.17 bits per heavy atom. The highest BCUT2D eigenvalue weighted by Gasteiger charge is 2.29. The quantitative estimate of drug-likeness (QED) is 0.812. The monoisotopic (exact) mass is 315 g/mol. The molecule has 0 aromatic carbocycles. The number of carbonyl (C=O) groups is 1. The molecular formula is C18H25N3O2. The van der Waals surface area contributed by atoms with Crippen molar-refractivity contribution in [2.24, 2.45) is 5.41 Å². The van der Waals surface area contributed by atoms with Gasteiger partial charge in [-0.1, -0.05) is 20.8 Å². The summed E-state index contributed by atoms with van der Waals surface area (Å²) in [5.41, 5.74) is 3.53. The maximum Gasteiger partial charge on any atom is 0.253 e. The number of aromatic amines is 1. The molecule has 5 heteroatoms. The molecule has 1 saturated carbocycles. The van der Waals surface area contributed by atoms with E-state index < -0.39 is 0 Å². The van der Waals surface area contributed by atoms with E-state index in [4.69, 9.17) is 0 Å². The van der Waals surface area contributed by atoms with Crippen molar-refractivity contribution in [3.05, 3.63) is 29.1 Å². The largest absolute Gasteiger partial charge is 0.394 e. The van der Waals surface area contributed by atoms with Gasteiger partial charge in [0.05, 0.1) is 18.2 Å². The van der Waals surface area contributed by atoms with Crippen LogP contribution in [0.25, 0.3) is 11.0 Å². The standard InChI is InChI=1S/C18H25N3O2/c1-10-12(11-5-6-11)7-19-16-15(10)13(8-20-16)17(23)21-14(9-22)18(2,3)4/h7-8,11,14,22H,5-6,9H2,1-4H3,(H,19,20)(H,21,23). The van der Waals surface area contributed by atoms with Crippen LogP contribution in [0.1, 0.15) is 61.0 Å². The van der Waals surface area contributed by atoms with E-state index >= 15 is 0 Å². The number of nitrogens with zero attached hydrogens (tertiary/aromatic N) is 1. The van der Waals surface area contributed by atoms with E-state index in [-0.39, 0.29) is 24.0 Å². The molecule has 2 aromatic heterocycles. The molecule has 1 amide bonds. The van der Waals surface area contributed by atoms with Crippen LogP contribution in [-0.4, -0.2) is 33.6 Å². The van der Waals surface area contributed by atoms with Gasteiger partial charge in [-0.05, 0) is 42.2 Å². The number of aryl methyl sites for hydroxylation is 1. The first-order valence-electron chi connectivity index (χ1n) is 8.21. The lowest BCUT2D eigenvalue weighted by Gasteiger charge is -2.29. The van der Waals surface area contributed by atoms with E-state index in [1.54, 1.807) is 6.20 Å². The Labute approximate surface area is 136 Å². The van der Waals surface area contributed by atoms with Crippen molar-refractivity contribution in [1.82, 2.24) is 15.3 Å². The number of pyridine rings is 1. The Morgan fingerprint density at radius 1 is 1.48 bits per heavy atom. The van der Waals surface area contributed by atoms with Crippen LogP contribution in [0.4, 0.5) is 0 Å². The molecular weight excluding hydrogens is 290 g/mol. The molecule has 0 aliphatic heterocycles. The van der Waals surface area contributed by atoms with Crippen LogP contribution in [0.15, 0.2) is 12.4 Å². The summed E-state index contributed by atoms with van der Waals surface area (Å²) in [6.07, 6.45) is 6.06. The second-order valence-corrected chi connectivity index (χ2v) is 7.61. The summed E-state index contributed by atoms with van der Waals surface area (Å²) in [7, 11) is 0. The summed E-state index contributed by atoms with van der Waals surface area (Å²) >= 11 is 0. The molecule has 5 nitrogen and oxygen atoms in total. The predicted octanol–water partition coefficient (Wildman–Crippen LogP) is 2.89. The van der Waals surface area contributed by atoms with E-state index in [1.807, 2.05) is 27.0 Å². The fourth-order valence-corrected chi connectivity index (χ4v) is 3.03. The highest BCUT2D eigenvalue weighted by atomic mass is 16.3. The zero-order valence-corrected chi connectivity index (χ0v) is 14.2. The van der Waals surface area contributed by atoms with Crippen LogP contribution >= 0.6 is 0 Å². The third-order valence-corrected chi connectivity index (χ3v) is 4.80. The maximum absolute atomic E-state index is 12.7. The van der Waals surface area contributed by atoms with Gasteiger partial charge in [0.1, 0.15) is 5.65 Å². The van der Waals surface area contributed by atoms with Gasteiger partial charge in [-0.2, -0.15) is 0 Å². The van der Waals surface area contributed by atoms with Crippen molar-refractivity contribution < 1.29 is 9.90 Å². The smallest absolute Gasteiger partial charge is 0.253 e. The number of aliphatic hydroxyl groups excluding tert-OH is 1. The number of aliphatic hydroxyl groups is 1. The van der Waals surface area contributed by atoms with Crippen LogP contribution in [-0.2, 0) is 0 Å². The molecule has 0 spiro atoms. The third-order valence-electron chi connectivity index (χ3n) is 4.80. The van der Waals surface area contributed by atoms with Crippen LogP contribution in [0.3, 0.4) is 0 Å². The molecule has 2 aromatic rings. The number of fused-ring (bicyclic) bond motifs is 1. The molecule has 3 rings (SSSR count). The minimum absolute atomic E-state index is 0.0812. The molecule has 1 aliphatic carbocycles. The minimum Gasteiger partial charge on any atom is -0.394 e. The zero-order valence-electron chi connectivity index (χ0n) is 14.2. The first-order valence-corrected chi connectivity index (χ1v) is 8.21. The van der Waals surface area contributed by atoms with E-state index in [0.29, 0.717) is 11.5 Å². The lowest BCUT2D eigenvalue weighted by atomic mass is 9.87. The highest BCUT2D eigenvalue weighted by molar-refractivity contribution is 6.07. The molecule has 1 unspecified atom stereocenters. The lowest BCUT2D eigenvalue weighted by Crippen LogP contribution is -2.46. The molecule has 23 heavy (non-hydrogen) atoms. The molecule has 0 saturated heterocycles. The van der Waals surface area contributed by atoms with Gasteiger partial charge in [0.15, 0.2) is 0 Å². The summed E-state index contributed by atoms with van der Waals surface area (Å²) in [5, 5.41) is 13.4. The first-order chi connectivity index (χ1) is 10.8. The van der Waals surface area contributed by atoms with Gasteiger partial charge in [-0.25, -0.2) is 4.98 Å². The number of carbonyl (C=O) groups excluding carboxylic acids is 1. The third kappa shape index (κ3) is 2.98. The second-order valence-electron chi connectivity index (χ2n) is 7.61. The van der Waals surface area contributed by atoms with E-state index in [1.165, 1.54) is 18.4 Å². The van der Waals surface area contributed by atoms with Crippen molar-refractivity contribution >= 4 is 16.9 Å². The van der Waals surface area contributed by atoms with Gasteiger partial charge in [-0.3, -0.25) is 4.79 Å². The highest BCUT2D eigenvalue weighted by Crippen LogP contribution is 2.42. The predicted molar refractivity (Wildman–Crippen MR) is 90.6 cm³/mol. The molecule has 1 aliphatic rings. The number of nitrogens with one attached hydrogen (secondary N) is 2. The summed E-state index contributed by atoms with van der Waals surface area (Å²) in [6, 6.07) is -0.292. The normalized spacial score (nSPS) is 16.6. The molecule has 0 radical (unpaired) electrons. The Morgan fingerprint density at radius 3 is 2.74 bits per heavy atom. The number of amides is 1. The van der Waals surface area contributed by atoms with Crippen LogP contribution < -0.4 is 5.32 Å². The number of rotatable bonds is 4. The summed E-state index contributed by atoms with van der Waals surface area (Å²) < 4.78 is 0. The molecule has 124 valence electrons. The minimum atomic E-state index is -0.292. The zero-order chi connectivity index (χ0) is 16.8. The summed E-state index contributed by atoms with van der Waals surface area (Å²) in [6.45, 7) is 7.99. The van der Waals surface area contributed by atoms with Crippen LogP contribution in [0, 0.1) is 12.3 Å². The molecule has 2 heterocycles. The van der Waals surface area contributed by atoms with Crippen molar-refractivity contribution in [3.8, 4) is 0 Å². The van der Waals surface area contributed by atoms with Crippen LogP contribution in [0.2, 0.25) is 0 Å². The van der Waals surface area contributed by atoms with Gasteiger partial charge in [0, 0.05) is 17.8 Å². The lowest BCUT2D eigenvalue weighted by molar-refractivity contribution is 0.0849. The van der Waals surface area contributed by atoms with Crippen molar-refractivity contribution in [1.29, 1.82) is 0 Å². The Balaban J connectivity index is 1.96. The van der Waals surface area contributed by atoms with Crippen molar-refractivity contribution in [2.45, 2.75) is 52.5 Å². The fourth-order valence-electron chi connectivity index (χ4n) is 3.03. The number of aromatic nitrogens is 2. The van der Waals surface area contributed by atoms with Crippen molar-refractivity contribution in [3.63, 3.8) is 0 Å². The number of H-pyrrole nitrogens is 1. The molecule has 1 atom stereocenters. The fraction of sp³-hybridized carbons (Fsp3) is 0.556. The summed E-state index contributed by atoms with van der Waals surface area (Å²) in [5.74, 6) is 0.431. The molecule has 0 bridgehead atoms. The van der Waals surface area contributed by atoms with E-state index in [9.17, 15) is 9.90 Å². The van der Waals surface area contributed by atoms with Crippen LogP contribution in [0.5, 0.6) is 0 Å². The molecule has 1 fully saturated rings. The average Bonchev–Trinajstić information content (AvgIpc) is 3.22. The summed E-state index contributed by atoms with van der Waals surface area (Å²) in [4.78, 5) is 20.3. The Bertz CT molecular complexity index is 739. The van der Waals surface area contributed by atoms with Crippen molar-refractivity contribution in [2.75, 3.05) is 6.61 Å². The first kappa shape index (κ1) is 16.0. The molecule has 3 N–H and O–H groups in total. The number of hydrogen-bond acceptors (Lipinski definition) is 3. The number of hydrogen-bond donors (Lipinski definition) is 3. The van der Waals surface area contributed by atoms with Gasteiger partial charge in [0.2, 0.25) is 0 Å². The van der Waals surface area contributed by atoms with Gasteiger partial charge in [-0.15, -0.1) is 0 Å². The second kappa shape index (κ2) is 5.64. The van der Waals surface area contributed by atoms with E-state index in [2.05, 4.69) is 22.2 Å². The van der Waals surface area contributed by atoms with E-state index in [0.717, 1.165) is 16.6 Å². The Hall–Kier alpha value is -1.88. The van der Waals surface area contributed by atoms with Gasteiger partial charge >= 0.3 is 0 Å². The van der Waals surface area contributed by atoms with Gasteiger partial charge < -0.3 is 15.4 Å². The topological polar surface area (TPSA) is 78.0 Å². The van der Waals surface area contributed by atoms with Gasteiger partial charge in [0.25, 0.3) is 5.91 Å². The SMILES string of the molecule is Cc1c(C2CC2)cnc2[nH]cc(C(=O)NC(CO)C(C)(C)C)c12. The Kier molecular flexibility index (Phi) is 3.92. The average molecular weight is 315 g/mol.